The number of anilines is 1. The molecular formula is C26H22ClN5O. The fourth-order valence-corrected chi connectivity index (χ4v) is 4.13. The lowest BCUT2D eigenvalue weighted by Gasteiger charge is -2.16. The first-order valence-electron chi connectivity index (χ1n) is 10.7. The fraction of sp³-hybridized carbons (Fsp3) is 0.115. The van der Waals surface area contributed by atoms with Crippen LogP contribution in [0, 0.1) is 0 Å². The molecule has 0 bridgehead atoms. The van der Waals surface area contributed by atoms with Crippen molar-refractivity contribution in [2.24, 2.45) is 0 Å². The molecule has 2 N–H and O–H groups in total. The lowest BCUT2D eigenvalue weighted by Crippen LogP contribution is -2.19. The minimum atomic E-state index is -0.255. The maximum absolute atomic E-state index is 12.7. The smallest absolute Gasteiger partial charge is 0.253 e. The molecular weight excluding hydrogens is 434 g/mol. The standard InChI is InChI=1S/C26H22ClN5O/c1-17(22-12-20-11-21(27)7-8-23(20)31-26(22)33)30-25-13-19(9-10-29-25)24-14-28-16-32(24)15-18-5-3-2-4-6-18/h2-14,16-17H,15H2,1H3,(H,29,30)(H,31,33). The molecule has 7 heteroatoms. The van der Waals surface area contributed by atoms with Crippen molar-refractivity contribution in [2.75, 3.05) is 5.32 Å². The summed E-state index contributed by atoms with van der Waals surface area (Å²) in [6, 6.07) is 21.2. The minimum absolute atomic E-state index is 0.137. The van der Waals surface area contributed by atoms with E-state index in [9.17, 15) is 4.79 Å². The van der Waals surface area contributed by atoms with Crippen LogP contribution in [0.15, 0.2) is 90.2 Å². The Morgan fingerprint density at radius 1 is 1.09 bits per heavy atom. The number of H-pyrrole nitrogens is 1. The van der Waals surface area contributed by atoms with Gasteiger partial charge in [0.05, 0.1) is 24.3 Å². The topological polar surface area (TPSA) is 75.6 Å². The van der Waals surface area contributed by atoms with Crippen LogP contribution in [-0.2, 0) is 6.54 Å². The molecule has 0 spiro atoms. The molecule has 0 saturated carbocycles. The fourth-order valence-electron chi connectivity index (χ4n) is 3.95. The number of hydrogen-bond acceptors (Lipinski definition) is 4. The molecule has 2 aromatic carbocycles. The summed E-state index contributed by atoms with van der Waals surface area (Å²) in [7, 11) is 0. The quantitative estimate of drug-likeness (QED) is 0.346. The molecule has 0 aliphatic carbocycles. The van der Waals surface area contributed by atoms with Gasteiger partial charge in [-0.2, -0.15) is 0 Å². The zero-order chi connectivity index (χ0) is 22.8. The second-order valence-corrected chi connectivity index (χ2v) is 8.41. The van der Waals surface area contributed by atoms with Crippen molar-refractivity contribution in [1.29, 1.82) is 0 Å². The van der Waals surface area contributed by atoms with Crippen molar-refractivity contribution in [3.63, 3.8) is 0 Å². The normalized spacial score (nSPS) is 12.1. The highest BCUT2D eigenvalue weighted by atomic mass is 35.5. The van der Waals surface area contributed by atoms with Gasteiger partial charge in [-0.15, -0.1) is 0 Å². The van der Waals surface area contributed by atoms with E-state index in [4.69, 9.17) is 11.6 Å². The Morgan fingerprint density at radius 3 is 2.79 bits per heavy atom. The Kier molecular flexibility index (Phi) is 5.67. The highest BCUT2D eigenvalue weighted by Crippen LogP contribution is 2.25. The molecule has 33 heavy (non-hydrogen) atoms. The van der Waals surface area contributed by atoms with Crippen LogP contribution in [0.25, 0.3) is 22.2 Å². The first-order chi connectivity index (χ1) is 16.1. The van der Waals surface area contributed by atoms with Crippen LogP contribution in [0.2, 0.25) is 5.02 Å². The molecule has 0 amide bonds. The number of aromatic amines is 1. The number of benzene rings is 2. The maximum Gasteiger partial charge on any atom is 0.253 e. The van der Waals surface area contributed by atoms with Crippen LogP contribution in [0.4, 0.5) is 5.82 Å². The molecule has 5 aromatic rings. The second-order valence-electron chi connectivity index (χ2n) is 7.97. The second kappa shape index (κ2) is 8.92. The number of fused-ring (bicyclic) bond motifs is 1. The lowest BCUT2D eigenvalue weighted by molar-refractivity contribution is 0.804. The SMILES string of the molecule is CC(Nc1cc(-c2cncn2Cc2ccccc2)ccn1)c1cc2cc(Cl)ccc2[nH]c1=O. The van der Waals surface area contributed by atoms with Crippen molar-refractivity contribution < 1.29 is 0 Å². The van der Waals surface area contributed by atoms with Crippen molar-refractivity contribution in [1.82, 2.24) is 19.5 Å². The van der Waals surface area contributed by atoms with Gasteiger partial charge in [0.15, 0.2) is 0 Å². The molecule has 1 unspecified atom stereocenters. The van der Waals surface area contributed by atoms with Crippen molar-refractivity contribution in [3.05, 3.63) is 112 Å². The first kappa shape index (κ1) is 21.0. The third-order valence-electron chi connectivity index (χ3n) is 5.63. The molecule has 0 radical (unpaired) electrons. The summed E-state index contributed by atoms with van der Waals surface area (Å²) >= 11 is 6.13. The van der Waals surface area contributed by atoms with E-state index in [1.54, 1.807) is 12.3 Å². The highest BCUT2D eigenvalue weighted by molar-refractivity contribution is 6.31. The van der Waals surface area contributed by atoms with E-state index in [0.717, 1.165) is 28.7 Å². The van der Waals surface area contributed by atoms with Crippen LogP contribution in [-0.4, -0.2) is 19.5 Å². The maximum atomic E-state index is 12.7. The zero-order valence-corrected chi connectivity index (χ0v) is 18.8. The number of pyridine rings is 2. The van der Waals surface area contributed by atoms with E-state index >= 15 is 0 Å². The average Bonchev–Trinajstić information content (AvgIpc) is 3.28. The lowest BCUT2D eigenvalue weighted by atomic mass is 10.1. The van der Waals surface area contributed by atoms with Crippen LogP contribution in [0.3, 0.4) is 0 Å². The Hall–Kier alpha value is -3.90. The molecule has 6 nitrogen and oxygen atoms in total. The van der Waals surface area contributed by atoms with Crippen LogP contribution in [0.5, 0.6) is 0 Å². The van der Waals surface area contributed by atoms with Gasteiger partial charge in [0, 0.05) is 39.8 Å². The number of nitrogens with one attached hydrogen (secondary N) is 2. The molecule has 3 heterocycles. The third-order valence-corrected chi connectivity index (χ3v) is 5.86. The highest BCUT2D eigenvalue weighted by Gasteiger charge is 2.13. The molecule has 0 fully saturated rings. The number of halogens is 1. The van der Waals surface area contributed by atoms with E-state index in [1.807, 2.05) is 68.0 Å². The van der Waals surface area contributed by atoms with Crippen molar-refractivity contribution in [2.45, 2.75) is 19.5 Å². The van der Waals surface area contributed by atoms with E-state index in [0.29, 0.717) is 16.4 Å². The predicted molar refractivity (Wildman–Crippen MR) is 133 cm³/mol. The summed E-state index contributed by atoms with van der Waals surface area (Å²) in [4.78, 5) is 24.4. The molecule has 1 atom stereocenters. The van der Waals surface area contributed by atoms with E-state index in [-0.39, 0.29) is 11.6 Å². The summed E-state index contributed by atoms with van der Waals surface area (Å²) in [5, 5.41) is 4.87. The van der Waals surface area contributed by atoms with Gasteiger partial charge in [0.25, 0.3) is 5.56 Å². The molecule has 164 valence electrons. The Labute approximate surface area is 195 Å². The molecule has 0 aliphatic heterocycles. The van der Waals surface area contributed by atoms with E-state index in [1.165, 1.54) is 5.56 Å². The van der Waals surface area contributed by atoms with Gasteiger partial charge < -0.3 is 14.9 Å². The molecule has 0 aliphatic rings. The van der Waals surface area contributed by atoms with Gasteiger partial charge in [-0.1, -0.05) is 41.9 Å². The summed E-state index contributed by atoms with van der Waals surface area (Å²) in [5.41, 5.74) is 4.43. The summed E-state index contributed by atoms with van der Waals surface area (Å²) in [5.74, 6) is 0.679. The molecule has 0 saturated heterocycles. The summed E-state index contributed by atoms with van der Waals surface area (Å²) in [6.45, 7) is 2.67. The summed E-state index contributed by atoms with van der Waals surface area (Å²) in [6.07, 6.45) is 5.44. The van der Waals surface area contributed by atoms with Crippen LogP contribution >= 0.6 is 11.6 Å². The van der Waals surface area contributed by atoms with Crippen LogP contribution < -0.4 is 10.9 Å². The van der Waals surface area contributed by atoms with Crippen LogP contribution in [0.1, 0.15) is 24.1 Å². The van der Waals surface area contributed by atoms with E-state index in [2.05, 4.69) is 37.0 Å². The van der Waals surface area contributed by atoms with Gasteiger partial charge in [0.1, 0.15) is 5.82 Å². The predicted octanol–water partition coefficient (Wildman–Crippen LogP) is 5.66. The van der Waals surface area contributed by atoms with Crippen molar-refractivity contribution >= 4 is 28.3 Å². The zero-order valence-electron chi connectivity index (χ0n) is 18.0. The van der Waals surface area contributed by atoms with Crippen molar-refractivity contribution in [3.8, 4) is 11.3 Å². The average molecular weight is 456 g/mol. The first-order valence-corrected chi connectivity index (χ1v) is 11.0. The van der Waals surface area contributed by atoms with Gasteiger partial charge in [-0.3, -0.25) is 4.79 Å². The number of rotatable bonds is 6. The number of hydrogen-bond donors (Lipinski definition) is 2. The summed E-state index contributed by atoms with van der Waals surface area (Å²) < 4.78 is 2.11. The largest absolute Gasteiger partial charge is 0.363 e. The number of imidazole rings is 1. The molecule has 5 rings (SSSR count). The number of aromatic nitrogens is 4. The van der Waals surface area contributed by atoms with Gasteiger partial charge >= 0.3 is 0 Å². The minimum Gasteiger partial charge on any atom is -0.363 e. The number of nitrogens with zero attached hydrogens (tertiary/aromatic N) is 3. The third kappa shape index (κ3) is 4.52. The Morgan fingerprint density at radius 2 is 1.94 bits per heavy atom. The molecule has 3 aromatic heterocycles. The Bertz CT molecular complexity index is 1480. The van der Waals surface area contributed by atoms with Gasteiger partial charge in [-0.25, -0.2) is 9.97 Å². The van der Waals surface area contributed by atoms with Gasteiger partial charge in [-0.05, 0) is 48.9 Å². The Balaban J connectivity index is 1.41. The van der Waals surface area contributed by atoms with Gasteiger partial charge in [0.2, 0.25) is 0 Å². The van der Waals surface area contributed by atoms with E-state index < -0.39 is 0 Å². The monoisotopic (exact) mass is 455 g/mol.